The summed E-state index contributed by atoms with van der Waals surface area (Å²) in [7, 11) is 0. The van der Waals surface area contributed by atoms with E-state index in [1.165, 1.54) is 18.2 Å². The van der Waals surface area contributed by atoms with Gasteiger partial charge in [0.15, 0.2) is 0 Å². The van der Waals surface area contributed by atoms with Crippen LogP contribution >= 0.6 is 0 Å². The normalized spacial score (nSPS) is 8.89. The molecule has 3 nitrogen and oxygen atoms in total. The van der Waals surface area contributed by atoms with E-state index in [-0.39, 0.29) is 5.69 Å². The SMILES string of the molecule is O=[N+]([O-])c1c[c]c[c]c1. The Morgan fingerprint density at radius 3 is 2.33 bits per heavy atom. The molecule has 0 aliphatic heterocycles. The Morgan fingerprint density at radius 2 is 2.00 bits per heavy atom. The summed E-state index contributed by atoms with van der Waals surface area (Å²) in [6, 6.07) is 9.19. The smallest absolute Gasteiger partial charge is 0.258 e. The van der Waals surface area contributed by atoms with Crippen LogP contribution in [0.1, 0.15) is 0 Å². The third kappa shape index (κ3) is 1.25. The first-order valence-electron chi connectivity index (χ1n) is 2.32. The number of nitro groups is 1. The van der Waals surface area contributed by atoms with Gasteiger partial charge in [-0.25, -0.2) is 0 Å². The highest BCUT2D eigenvalue weighted by atomic mass is 16.6. The topological polar surface area (TPSA) is 43.1 Å². The van der Waals surface area contributed by atoms with Gasteiger partial charge < -0.3 is 0 Å². The van der Waals surface area contributed by atoms with Gasteiger partial charge in [0.1, 0.15) is 0 Å². The van der Waals surface area contributed by atoms with Crippen LogP contribution in [0.4, 0.5) is 5.69 Å². The molecule has 0 bridgehead atoms. The quantitative estimate of drug-likeness (QED) is 0.413. The second-order valence-corrected chi connectivity index (χ2v) is 1.45. The zero-order chi connectivity index (χ0) is 6.69. The Bertz CT molecular complexity index is 208. The van der Waals surface area contributed by atoms with Crippen LogP contribution in [0.25, 0.3) is 0 Å². The number of hydrogen-bond donors (Lipinski definition) is 0. The van der Waals surface area contributed by atoms with Gasteiger partial charge in [-0.15, -0.1) is 0 Å². The molecule has 0 heterocycles. The molecular weight excluding hydrogens is 118 g/mol. The molecule has 0 aliphatic carbocycles. The standard InChI is InChI=1S/C6H3NO2/c8-7(9)6-4-2-1-3-5-6/h1,4-5H. The van der Waals surface area contributed by atoms with Gasteiger partial charge in [0.25, 0.3) is 5.69 Å². The van der Waals surface area contributed by atoms with Crippen LogP contribution in [-0.4, -0.2) is 4.92 Å². The molecule has 0 aromatic heterocycles. The van der Waals surface area contributed by atoms with E-state index in [1.807, 2.05) is 0 Å². The van der Waals surface area contributed by atoms with E-state index >= 15 is 0 Å². The molecule has 1 rings (SSSR count). The second-order valence-electron chi connectivity index (χ2n) is 1.45. The van der Waals surface area contributed by atoms with Crippen molar-refractivity contribution in [3.63, 3.8) is 0 Å². The largest absolute Gasteiger partial charge is 0.270 e. The molecule has 0 aliphatic rings. The molecule has 0 saturated carbocycles. The minimum absolute atomic E-state index is 0.0255. The summed E-state index contributed by atoms with van der Waals surface area (Å²) in [6.07, 6.45) is 0. The van der Waals surface area contributed by atoms with Gasteiger partial charge in [-0.1, -0.05) is 0 Å². The number of nitrogens with zero attached hydrogens (tertiary/aromatic N) is 1. The van der Waals surface area contributed by atoms with Gasteiger partial charge in [-0.05, 0) is 18.2 Å². The summed E-state index contributed by atoms with van der Waals surface area (Å²) in [4.78, 5) is 9.49. The van der Waals surface area contributed by atoms with Crippen molar-refractivity contribution in [1.82, 2.24) is 0 Å². The molecule has 1 aromatic carbocycles. The van der Waals surface area contributed by atoms with Crippen LogP contribution in [0.2, 0.25) is 0 Å². The molecule has 0 unspecified atom stereocenters. The monoisotopic (exact) mass is 121 g/mol. The first-order valence-corrected chi connectivity index (χ1v) is 2.32. The van der Waals surface area contributed by atoms with Crippen LogP contribution in [0, 0.1) is 22.2 Å². The van der Waals surface area contributed by atoms with Crippen molar-refractivity contribution in [3.05, 3.63) is 40.4 Å². The molecule has 1 aromatic rings. The Balaban J connectivity index is 2.98. The first kappa shape index (κ1) is 5.75. The summed E-state index contributed by atoms with van der Waals surface area (Å²) in [5, 5.41) is 9.97. The molecule has 2 radical (unpaired) electrons. The number of non-ortho nitro benzene ring substituents is 1. The first-order chi connectivity index (χ1) is 4.30. The van der Waals surface area contributed by atoms with Crippen molar-refractivity contribution < 1.29 is 4.92 Å². The molecule has 0 spiro atoms. The van der Waals surface area contributed by atoms with Gasteiger partial charge in [0.05, 0.1) is 4.92 Å². The fourth-order valence-electron chi connectivity index (χ4n) is 0.449. The molecule has 0 atom stereocenters. The molecular formula is C6H3NO2. The predicted molar refractivity (Wildman–Crippen MR) is 30.8 cm³/mol. The van der Waals surface area contributed by atoms with E-state index in [1.54, 1.807) is 0 Å². The third-order valence-electron chi connectivity index (χ3n) is 0.840. The average Bonchev–Trinajstić information content (AvgIpc) is 1.90. The molecule has 0 saturated heterocycles. The molecule has 0 amide bonds. The van der Waals surface area contributed by atoms with E-state index in [4.69, 9.17) is 0 Å². The summed E-state index contributed by atoms with van der Waals surface area (Å²) < 4.78 is 0. The Hall–Kier alpha value is -1.38. The van der Waals surface area contributed by atoms with Gasteiger partial charge in [0.2, 0.25) is 0 Å². The predicted octanol–water partition coefficient (Wildman–Crippen LogP) is 1.20. The second kappa shape index (κ2) is 2.26. The Morgan fingerprint density at radius 1 is 1.44 bits per heavy atom. The lowest BCUT2D eigenvalue weighted by Gasteiger charge is -1.84. The highest BCUT2D eigenvalue weighted by molar-refractivity contribution is 5.26. The van der Waals surface area contributed by atoms with Crippen LogP contribution in [0.3, 0.4) is 0 Å². The third-order valence-corrected chi connectivity index (χ3v) is 0.840. The van der Waals surface area contributed by atoms with E-state index < -0.39 is 4.92 Å². The van der Waals surface area contributed by atoms with Crippen LogP contribution < -0.4 is 0 Å². The zero-order valence-electron chi connectivity index (χ0n) is 4.50. The zero-order valence-corrected chi connectivity index (χ0v) is 4.50. The lowest BCUT2D eigenvalue weighted by Crippen LogP contribution is -1.85. The summed E-state index contributed by atoms with van der Waals surface area (Å²) >= 11 is 0. The van der Waals surface area contributed by atoms with Crippen LogP contribution in [-0.2, 0) is 0 Å². The van der Waals surface area contributed by atoms with Crippen LogP contribution in [0.15, 0.2) is 18.2 Å². The Kier molecular flexibility index (Phi) is 1.44. The molecule has 0 fully saturated rings. The van der Waals surface area contributed by atoms with E-state index in [0.717, 1.165) is 0 Å². The van der Waals surface area contributed by atoms with Gasteiger partial charge in [-0.3, -0.25) is 10.1 Å². The Labute approximate surface area is 52.1 Å². The highest BCUT2D eigenvalue weighted by Gasteiger charge is 1.99. The van der Waals surface area contributed by atoms with Crippen molar-refractivity contribution in [1.29, 1.82) is 0 Å². The van der Waals surface area contributed by atoms with Crippen molar-refractivity contribution >= 4 is 5.69 Å². The number of nitro benzene ring substituents is 1. The number of hydrogen-bond acceptors (Lipinski definition) is 2. The van der Waals surface area contributed by atoms with Crippen molar-refractivity contribution in [2.45, 2.75) is 0 Å². The molecule has 3 heteroatoms. The van der Waals surface area contributed by atoms with Crippen molar-refractivity contribution in [3.8, 4) is 0 Å². The lowest BCUT2D eigenvalue weighted by atomic mass is 10.3. The highest BCUT2D eigenvalue weighted by Crippen LogP contribution is 2.05. The number of rotatable bonds is 1. The van der Waals surface area contributed by atoms with E-state index in [9.17, 15) is 10.1 Å². The van der Waals surface area contributed by atoms with Gasteiger partial charge in [-0.2, -0.15) is 0 Å². The van der Waals surface area contributed by atoms with Gasteiger partial charge >= 0.3 is 0 Å². The minimum Gasteiger partial charge on any atom is -0.258 e. The van der Waals surface area contributed by atoms with Crippen molar-refractivity contribution in [2.75, 3.05) is 0 Å². The summed E-state index contributed by atoms with van der Waals surface area (Å²) in [6.45, 7) is 0. The maximum absolute atomic E-state index is 9.97. The fourth-order valence-corrected chi connectivity index (χ4v) is 0.449. The molecule has 9 heavy (non-hydrogen) atoms. The van der Waals surface area contributed by atoms with Gasteiger partial charge in [0, 0.05) is 12.1 Å². The maximum Gasteiger partial charge on any atom is 0.270 e. The molecule has 0 N–H and O–H groups in total. The lowest BCUT2D eigenvalue weighted by molar-refractivity contribution is -0.384. The number of benzene rings is 1. The molecule has 44 valence electrons. The minimum atomic E-state index is -0.479. The van der Waals surface area contributed by atoms with Crippen LogP contribution in [0.5, 0.6) is 0 Å². The summed E-state index contributed by atoms with van der Waals surface area (Å²) in [5.41, 5.74) is 0.0255. The van der Waals surface area contributed by atoms with Crippen molar-refractivity contribution in [2.24, 2.45) is 0 Å². The maximum atomic E-state index is 9.97. The fraction of sp³-hybridized carbons (Fsp3) is 0. The van der Waals surface area contributed by atoms with E-state index in [2.05, 4.69) is 12.1 Å². The van der Waals surface area contributed by atoms with E-state index in [0.29, 0.717) is 0 Å². The summed E-state index contributed by atoms with van der Waals surface area (Å²) in [5.74, 6) is 0. The average molecular weight is 121 g/mol.